The van der Waals surface area contributed by atoms with Crippen LogP contribution in [0, 0.1) is 0 Å². The lowest BCUT2D eigenvalue weighted by atomic mass is 10.1. The number of rotatable bonds is 2. The molecule has 0 radical (unpaired) electrons. The quantitative estimate of drug-likeness (QED) is 0.805. The highest BCUT2D eigenvalue weighted by Crippen LogP contribution is 2.24. The van der Waals surface area contributed by atoms with E-state index in [1.54, 1.807) is 0 Å². The molecule has 1 atom stereocenters. The Morgan fingerprint density at radius 1 is 1.38 bits per heavy atom. The standard InChI is InChI=1S/C12H15N3O/c1-3-9-7-14-15-12(9)11(5-1)16-10-4-2-6-13-8-10/h1,3,5,7,10,13H,2,4,6,8H2,(H,14,15). The molecule has 3 rings (SSSR count). The number of nitrogens with zero attached hydrogens (tertiary/aromatic N) is 1. The van der Waals surface area contributed by atoms with Crippen molar-refractivity contribution < 1.29 is 4.74 Å². The van der Waals surface area contributed by atoms with Crippen LogP contribution in [0.3, 0.4) is 0 Å². The minimum absolute atomic E-state index is 0.280. The first-order valence-corrected chi connectivity index (χ1v) is 5.73. The van der Waals surface area contributed by atoms with Crippen molar-refractivity contribution in [2.24, 2.45) is 0 Å². The summed E-state index contributed by atoms with van der Waals surface area (Å²) in [4.78, 5) is 0. The highest BCUT2D eigenvalue weighted by Gasteiger charge is 2.15. The molecule has 0 spiro atoms. The van der Waals surface area contributed by atoms with E-state index in [9.17, 15) is 0 Å². The van der Waals surface area contributed by atoms with E-state index in [0.29, 0.717) is 0 Å². The predicted molar refractivity (Wildman–Crippen MR) is 62.6 cm³/mol. The Morgan fingerprint density at radius 3 is 3.25 bits per heavy atom. The number of aromatic nitrogens is 2. The summed E-state index contributed by atoms with van der Waals surface area (Å²) in [6, 6.07) is 6.03. The maximum Gasteiger partial charge on any atom is 0.145 e. The zero-order valence-corrected chi connectivity index (χ0v) is 9.07. The maximum atomic E-state index is 5.99. The van der Waals surface area contributed by atoms with E-state index in [2.05, 4.69) is 15.5 Å². The third kappa shape index (κ3) is 1.76. The number of aromatic amines is 1. The summed E-state index contributed by atoms with van der Waals surface area (Å²) < 4.78 is 5.99. The van der Waals surface area contributed by atoms with Crippen molar-refractivity contribution in [3.8, 4) is 5.75 Å². The third-order valence-electron chi connectivity index (χ3n) is 2.98. The second-order valence-corrected chi connectivity index (χ2v) is 4.18. The molecule has 16 heavy (non-hydrogen) atoms. The molecule has 1 aromatic heterocycles. The van der Waals surface area contributed by atoms with Crippen LogP contribution in [0.15, 0.2) is 24.4 Å². The second kappa shape index (κ2) is 4.14. The Morgan fingerprint density at radius 2 is 2.38 bits per heavy atom. The molecule has 0 saturated carbocycles. The zero-order chi connectivity index (χ0) is 10.8. The van der Waals surface area contributed by atoms with Gasteiger partial charge in [-0.05, 0) is 25.5 Å². The van der Waals surface area contributed by atoms with Gasteiger partial charge in [-0.2, -0.15) is 5.10 Å². The number of hydrogen-bond donors (Lipinski definition) is 2. The number of ether oxygens (including phenoxy) is 1. The molecule has 1 aromatic carbocycles. The van der Waals surface area contributed by atoms with Gasteiger partial charge in [0.05, 0.1) is 6.20 Å². The fourth-order valence-electron chi connectivity index (χ4n) is 2.14. The van der Waals surface area contributed by atoms with E-state index in [1.807, 2.05) is 24.4 Å². The lowest BCUT2D eigenvalue weighted by molar-refractivity contribution is 0.169. The first-order valence-electron chi connectivity index (χ1n) is 5.73. The summed E-state index contributed by atoms with van der Waals surface area (Å²) in [6.45, 7) is 2.04. The van der Waals surface area contributed by atoms with Gasteiger partial charge >= 0.3 is 0 Å². The number of hydrogen-bond acceptors (Lipinski definition) is 3. The normalized spacial score (nSPS) is 21.1. The van der Waals surface area contributed by atoms with Crippen LogP contribution in [-0.2, 0) is 0 Å². The fourth-order valence-corrected chi connectivity index (χ4v) is 2.14. The summed E-state index contributed by atoms with van der Waals surface area (Å²) in [5, 5.41) is 11.5. The Labute approximate surface area is 94.0 Å². The third-order valence-corrected chi connectivity index (χ3v) is 2.98. The smallest absolute Gasteiger partial charge is 0.145 e. The number of fused-ring (bicyclic) bond motifs is 1. The predicted octanol–water partition coefficient (Wildman–Crippen LogP) is 1.69. The van der Waals surface area contributed by atoms with Crippen LogP contribution in [0.2, 0.25) is 0 Å². The van der Waals surface area contributed by atoms with Gasteiger partial charge in [-0.15, -0.1) is 0 Å². The molecule has 2 heterocycles. The van der Waals surface area contributed by atoms with Crippen LogP contribution in [0.1, 0.15) is 12.8 Å². The van der Waals surface area contributed by atoms with E-state index < -0.39 is 0 Å². The van der Waals surface area contributed by atoms with Crippen LogP contribution in [0.4, 0.5) is 0 Å². The molecule has 4 heteroatoms. The van der Waals surface area contributed by atoms with E-state index in [4.69, 9.17) is 4.74 Å². The Balaban J connectivity index is 1.85. The Kier molecular flexibility index (Phi) is 2.50. The molecule has 0 aliphatic carbocycles. The van der Waals surface area contributed by atoms with Crippen molar-refractivity contribution >= 4 is 10.9 Å². The van der Waals surface area contributed by atoms with E-state index in [-0.39, 0.29) is 6.10 Å². The molecule has 4 nitrogen and oxygen atoms in total. The Hall–Kier alpha value is -1.55. The van der Waals surface area contributed by atoms with E-state index >= 15 is 0 Å². The average Bonchev–Trinajstić information content (AvgIpc) is 2.80. The van der Waals surface area contributed by atoms with Crippen LogP contribution in [0.25, 0.3) is 10.9 Å². The Bertz CT molecular complexity index is 474. The highest BCUT2D eigenvalue weighted by atomic mass is 16.5. The topological polar surface area (TPSA) is 49.9 Å². The summed E-state index contributed by atoms with van der Waals surface area (Å²) in [7, 11) is 0. The molecule has 1 saturated heterocycles. The molecule has 1 aliphatic heterocycles. The minimum atomic E-state index is 0.280. The molecule has 2 aromatic rings. The molecule has 0 bridgehead atoms. The van der Waals surface area contributed by atoms with Crippen molar-refractivity contribution in [1.82, 2.24) is 15.5 Å². The first-order chi connectivity index (χ1) is 7.93. The van der Waals surface area contributed by atoms with E-state index in [0.717, 1.165) is 36.2 Å². The largest absolute Gasteiger partial charge is 0.487 e. The van der Waals surface area contributed by atoms with Crippen LogP contribution < -0.4 is 10.1 Å². The molecular formula is C12H15N3O. The van der Waals surface area contributed by atoms with E-state index in [1.165, 1.54) is 6.42 Å². The van der Waals surface area contributed by atoms with Crippen LogP contribution in [0.5, 0.6) is 5.75 Å². The number of nitrogens with one attached hydrogen (secondary N) is 2. The van der Waals surface area contributed by atoms with Crippen molar-refractivity contribution in [3.05, 3.63) is 24.4 Å². The van der Waals surface area contributed by atoms with Gasteiger partial charge in [0.25, 0.3) is 0 Å². The number of benzene rings is 1. The summed E-state index contributed by atoms with van der Waals surface area (Å²) in [5.41, 5.74) is 0.994. The molecule has 1 fully saturated rings. The molecule has 84 valence electrons. The van der Waals surface area contributed by atoms with Gasteiger partial charge in [0.15, 0.2) is 0 Å². The lowest BCUT2D eigenvalue weighted by Crippen LogP contribution is -2.37. The molecular weight excluding hydrogens is 202 g/mol. The summed E-state index contributed by atoms with van der Waals surface area (Å²) in [6.07, 6.45) is 4.41. The van der Waals surface area contributed by atoms with Gasteiger partial charge in [-0.1, -0.05) is 12.1 Å². The number of para-hydroxylation sites is 1. The van der Waals surface area contributed by atoms with Crippen molar-refractivity contribution in [2.45, 2.75) is 18.9 Å². The monoisotopic (exact) mass is 217 g/mol. The number of H-pyrrole nitrogens is 1. The summed E-state index contributed by atoms with van der Waals surface area (Å²) >= 11 is 0. The number of piperidine rings is 1. The van der Waals surface area contributed by atoms with Crippen molar-refractivity contribution in [2.75, 3.05) is 13.1 Å². The SMILES string of the molecule is c1cc(OC2CCCNC2)c2[nH]ncc2c1. The second-order valence-electron chi connectivity index (χ2n) is 4.18. The molecule has 1 aliphatic rings. The summed E-state index contributed by atoms with van der Waals surface area (Å²) in [5.74, 6) is 0.906. The van der Waals surface area contributed by atoms with Gasteiger partial charge in [-0.3, -0.25) is 5.10 Å². The van der Waals surface area contributed by atoms with Gasteiger partial charge < -0.3 is 10.1 Å². The maximum absolute atomic E-state index is 5.99. The zero-order valence-electron chi connectivity index (χ0n) is 9.07. The lowest BCUT2D eigenvalue weighted by Gasteiger charge is -2.24. The molecule has 1 unspecified atom stereocenters. The van der Waals surface area contributed by atoms with Crippen LogP contribution >= 0.6 is 0 Å². The van der Waals surface area contributed by atoms with Crippen molar-refractivity contribution in [3.63, 3.8) is 0 Å². The van der Waals surface area contributed by atoms with Crippen LogP contribution in [-0.4, -0.2) is 29.4 Å². The first kappa shape index (κ1) is 9.66. The van der Waals surface area contributed by atoms with Gasteiger partial charge in [0.1, 0.15) is 17.4 Å². The molecule has 2 N–H and O–H groups in total. The molecule has 0 amide bonds. The van der Waals surface area contributed by atoms with Gasteiger partial charge in [0.2, 0.25) is 0 Å². The average molecular weight is 217 g/mol. The highest BCUT2D eigenvalue weighted by molar-refractivity contribution is 5.83. The van der Waals surface area contributed by atoms with Gasteiger partial charge in [0, 0.05) is 11.9 Å². The fraction of sp³-hybridized carbons (Fsp3) is 0.417. The van der Waals surface area contributed by atoms with Crippen molar-refractivity contribution in [1.29, 1.82) is 0 Å². The minimum Gasteiger partial charge on any atom is -0.487 e. The van der Waals surface area contributed by atoms with Gasteiger partial charge in [-0.25, -0.2) is 0 Å².